The Labute approximate surface area is 93.5 Å². The molecule has 0 aromatic heterocycles. The van der Waals surface area contributed by atoms with Crippen molar-refractivity contribution in [1.82, 2.24) is 0 Å². The molecule has 0 amide bonds. The first-order valence-electron chi connectivity index (χ1n) is 6.10. The predicted molar refractivity (Wildman–Crippen MR) is 61.9 cm³/mol. The van der Waals surface area contributed by atoms with E-state index in [1.54, 1.807) is 6.92 Å². The topological polar surface area (TPSA) is 49.7 Å². The molecule has 0 heterocycles. The lowest BCUT2D eigenvalue weighted by molar-refractivity contribution is -0.00504. The molecule has 0 radical (unpaired) electrons. The molecule has 0 aliphatic rings. The van der Waals surface area contributed by atoms with Crippen LogP contribution >= 0.6 is 0 Å². The normalized spacial score (nSPS) is 15.2. The summed E-state index contributed by atoms with van der Waals surface area (Å²) in [4.78, 5) is 0. The van der Waals surface area contributed by atoms with Gasteiger partial charge in [-0.25, -0.2) is 0 Å². The van der Waals surface area contributed by atoms with Gasteiger partial charge in [0.15, 0.2) is 0 Å². The van der Waals surface area contributed by atoms with Crippen molar-refractivity contribution in [3.05, 3.63) is 0 Å². The Balaban J connectivity index is 3.15. The molecule has 0 bridgehead atoms. The molecule has 0 aromatic rings. The van der Waals surface area contributed by atoms with Crippen molar-refractivity contribution in [3.63, 3.8) is 0 Å². The van der Waals surface area contributed by atoms with Gasteiger partial charge in [-0.1, -0.05) is 39.0 Å². The van der Waals surface area contributed by atoms with Gasteiger partial charge < -0.3 is 14.9 Å². The Morgan fingerprint density at radius 3 is 2.27 bits per heavy atom. The van der Waals surface area contributed by atoms with Gasteiger partial charge in [-0.05, 0) is 13.3 Å². The molecule has 2 atom stereocenters. The molecule has 0 aromatic carbocycles. The first-order chi connectivity index (χ1) is 7.16. The molecule has 0 spiro atoms. The van der Waals surface area contributed by atoms with Crippen LogP contribution in [0.1, 0.15) is 52.4 Å². The van der Waals surface area contributed by atoms with Crippen LogP contribution in [0.2, 0.25) is 0 Å². The van der Waals surface area contributed by atoms with Gasteiger partial charge in [-0.3, -0.25) is 0 Å². The zero-order valence-corrected chi connectivity index (χ0v) is 10.1. The molecule has 15 heavy (non-hydrogen) atoms. The van der Waals surface area contributed by atoms with E-state index in [-0.39, 0.29) is 6.10 Å². The smallest absolute Gasteiger partial charge is 0.0773 e. The van der Waals surface area contributed by atoms with Crippen molar-refractivity contribution in [2.24, 2.45) is 0 Å². The molecule has 2 N–H and O–H groups in total. The summed E-state index contributed by atoms with van der Waals surface area (Å²) in [5, 5.41) is 18.4. The van der Waals surface area contributed by atoms with E-state index >= 15 is 0 Å². The fourth-order valence-electron chi connectivity index (χ4n) is 1.44. The van der Waals surface area contributed by atoms with E-state index in [4.69, 9.17) is 9.84 Å². The molecule has 0 fully saturated rings. The van der Waals surface area contributed by atoms with Gasteiger partial charge in [0.2, 0.25) is 0 Å². The van der Waals surface area contributed by atoms with Crippen molar-refractivity contribution in [2.75, 3.05) is 13.2 Å². The molecule has 0 saturated heterocycles. The standard InChI is InChI=1S/C12H26O3/c1-3-4-5-6-7-8-12(14)10-15-9-11(2)13/h11-14H,3-10H2,1-2H3. The minimum absolute atomic E-state index is 0.312. The van der Waals surface area contributed by atoms with Crippen LogP contribution < -0.4 is 0 Å². The zero-order valence-electron chi connectivity index (χ0n) is 10.1. The Hall–Kier alpha value is -0.120. The predicted octanol–water partition coefficient (Wildman–Crippen LogP) is 2.11. The van der Waals surface area contributed by atoms with Gasteiger partial charge in [-0.2, -0.15) is 0 Å². The molecular formula is C12H26O3. The lowest BCUT2D eigenvalue weighted by atomic mass is 10.1. The summed E-state index contributed by atoms with van der Waals surface area (Å²) in [5.41, 5.74) is 0. The molecule has 0 saturated carbocycles. The summed E-state index contributed by atoms with van der Waals surface area (Å²) in [7, 11) is 0. The minimum atomic E-state index is -0.443. The Morgan fingerprint density at radius 2 is 1.67 bits per heavy atom. The van der Waals surface area contributed by atoms with Gasteiger partial charge in [-0.15, -0.1) is 0 Å². The number of rotatable bonds is 10. The molecule has 2 unspecified atom stereocenters. The summed E-state index contributed by atoms with van der Waals surface area (Å²) in [5.74, 6) is 0. The minimum Gasteiger partial charge on any atom is -0.391 e. The van der Waals surface area contributed by atoms with Crippen molar-refractivity contribution in [1.29, 1.82) is 0 Å². The number of ether oxygens (including phenoxy) is 1. The highest BCUT2D eigenvalue weighted by atomic mass is 16.5. The van der Waals surface area contributed by atoms with Crippen LogP contribution in [0.5, 0.6) is 0 Å². The summed E-state index contributed by atoms with van der Waals surface area (Å²) in [6, 6.07) is 0. The van der Waals surface area contributed by atoms with Gasteiger partial charge in [0.1, 0.15) is 0 Å². The van der Waals surface area contributed by atoms with E-state index < -0.39 is 6.10 Å². The second-order valence-corrected chi connectivity index (χ2v) is 4.24. The number of hydrogen-bond acceptors (Lipinski definition) is 3. The Kier molecular flexibility index (Phi) is 10.3. The van der Waals surface area contributed by atoms with Crippen LogP contribution in [0.15, 0.2) is 0 Å². The fraction of sp³-hybridized carbons (Fsp3) is 1.00. The number of unbranched alkanes of at least 4 members (excludes halogenated alkanes) is 4. The van der Waals surface area contributed by atoms with Crippen molar-refractivity contribution in [2.45, 2.75) is 64.6 Å². The molecular weight excluding hydrogens is 192 g/mol. The third-order valence-corrected chi connectivity index (χ3v) is 2.31. The lowest BCUT2D eigenvalue weighted by Gasteiger charge is -2.11. The summed E-state index contributed by atoms with van der Waals surface area (Å²) >= 11 is 0. The highest BCUT2D eigenvalue weighted by Crippen LogP contribution is 2.07. The molecule has 3 nitrogen and oxygen atoms in total. The summed E-state index contributed by atoms with van der Waals surface area (Å²) in [6.07, 6.45) is 6.06. The lowest BCUT2D eigenvalue weighted by Crippen LogP contribution is -2.19. The van der Waals surface area contributed by atoms with E-state index in [9.17, 15) is 5.11 Å². The Bertz CT molecular complexity index is 126. The maximum Gasteiger partial charge on any atom is 0.0773 e. The van der Waals surface area contributed by atoms with Crippen molar-refractivity contribution < 1.29 is 14.9 Å². The highest BCUT2D eigenvalue weighted by Gasteiger charge is 2.04. The van der Waals surface area contributed by atoms with Crippen molar-refractivity contribution in [3.8, 4) is 0 Å². The summed E-state index contributed by atoms with van der Waals surface area (Å²) < 4.78 is 5.14. The number of hydrogen-bond donors (Lipinski definition) is 2. The third kappa shape index (κ3) is 11.8. The number of aliphatic hydroxyl groups excluding tert-OH is 2. The maximum absolute atomic E-state index is 9.51. The highest BCUT2D eigenvalue weighted by molar-refractivity contribution is 4.55. The third-order valence-electron chi connectivity index (χ3n) is 2.31. The first kappa shape index (κ1) is 14.9. The Morgan fingerprint density at radius 1 is 1.00 bits per heavy atom. The zero-order chi connectivity index (χ0) is 11.5. The molecule has 92 valence electrons. The average molecular weight is 218 g/mol. The van der Waals surface area contributed by atoms with E-state index in [2.05, 4.69) is 6.92 Å². The van der Waals surface area contributed by atoms with Crippen LogP contribution in [0.4, 0.5) is 0 Å². The molecule has 3 heteroatoms. The van der Waals surface area contributed by atoms with Crippen LogP contribution in [0.3, 0.4) is 0 Å². The van der Waals surface area contributed by atoms with Crippen LogP contribution in [-0.2, 0) is 4.74 Å². The largest absolute Gasteiger partial charge is 0.391 e. The fourth-order valence-corrected chi connectivity index (χ4v) is 1.44. The second kappa shape index (κ2) is 10.4. The molecule has 0 aliphatic heterocycles. The first-order valence-corrected chi connectivity index (χ1v) is 6.10. The SMILES string of the molecule is CCCCCCCC(O)COCC(C)O. The van der Waals surface area contributed by atoms with E-state index in [1.165, 1.54) is 25.7 Å². The van der Waals surface area contributed by atoms with Gasteiger partial charge in [0.25, 0.3) is 0 Å². The quantitative estimate of drug-likeness (QED) is 0.552. The van der Waals surface area contributed by atoms with Crippen LogP contribution in [-0.4, -0.2) is 35.6 Å². The maximum atomic E-state index is 9.51. The molecule has 0 aliphatic carbocycles. The van der Waals surface area contributed by atoms with E-state index in [0.717, 1.165) is 12.8 Å². The average Bonchev–Trinajstić information content (AvgIpc) is 2.17. The van der Waals surface area contributed by atoms with Crippen molar-refractivity contribution >= 4 is 0 Å². The van der Waals surface area contributed by atoms with Crippen LogP contribution in [0, 0.1) is 0 Å². The van der Waals surface area contributed by atoms with Gasteiger partial charge in [0.05, 0.1) is 25.4 Å². The number of aliphatic hydroxyl groups is 2. The van der Waals surface area contributed by atoms with Gasteiger partial charge in [0, 0.05) is 0 Å². The van der Waals surface area contributed by atoms with Gasteiger partial charge >= 0.3 is 0 Å². The van der Waals surface area contributed by atoms with Crippen LogP contribution in [0.25, 0.3) is 0 Å². The monoisotopic (exact) mass is 218 g/mol. The summed E-state index contributed by atoms with van der Waals surface area (Å²) in [6.45, 7) is 4.53. The second-order valence-electron chi connectivity index (χ2n) is 4.24. The van der Waals surface area contributed by atoms with E-state index in [0.29, 0.717) is 13.2 Å². The van der Waals surface area contributed by atoms with E-state index in [1.807, 2.05) is 0 Å². The molecule has 0 rings (SSSR count).